The Hall–Kier alpha value is -2.29. The van der Waals surface area contributed by atoms with Gasteiger partial charge in [-0.2, -0.15) is 5.26 Å². The van der Waals surface area contributed by atoms with E-state index in [1.54, 1.807) is 12.1 Å². The van der Waals surface area contributed by atoms with Crippen LogP contribution < -0.4 is 5.32 Å². The molecule has 0 radical (unpaired) electrons. The molecule has 1 heterocycles. The van der Waals surface area contributed by atoms with Crippen molar-refractivity contribution in [1.29, 1.82) is 5.26 Å². The molecule has 84 valence electrons. The van der Waals surface area contributed by atoms with Crippen LogP contribution >= 0.6 is 0 Å². The van der Waals surface area contributed by atoms with E-state index < -0.39 is 11.8 Å². The fraction of sp³-hybridized carbons (Fsp3) is 0.300. The highest BCUT2D eigenvalue weighted by atomic mass is 16.3. The number of furan rings is 1. The summed E-state index contributed by atoms with van der Waals surface area (Å²) in [5.41, 5.74) is 0.795. The zero-order chi connectivity index (χ0) is 12.0. The molecule has 1 aromatic rings. The van der Waals surface area contributed by atoms with Gasteiger partial charge in [-0.25, -0.2) is 0 Å². The zero-order valence-corrected chi connectivity index (χ0v) is 8.77. The van der Waals surface area contributed by atoms with Crippen LogP contribution in [0.25, 0.3) is 0 Å². The quantitative estimate of drug-likeness (QED) is 0.569. The monoisotopic (exact) mass is 221 g/mol. The van der Waals surface area contributed by atoms with Crippen LogP contribution in [0.4, 0.5) is 0 Å². The minimum atomic E-state index is -0.785. The van der Waals surface area contributed by atoms with Crippen molar-refractivity contribution in [3.05, 3.63) is 24.2 Å². The van der Waals surface area contributed by atoms with E-state index in [0.29, 0.717) is 0 Å². The van der Waals surface area contributed by atoms with Crippen LogP contribution in [-0.2, 0) is 16.1 Å². The van der Waals surface area contributed by atoms with Crippen molar-refractivity contribution in [2.45, 2.75) is 6.54 Å². The summed E-state index contributed by atoms with van der Waals surface area (Å²) in [7, 11) is 1.50. The van der Waals surface area contributed by atoms with Crippen molar-refractivity contribution in [2.24, 2.45) is 0 Å². The SMILES string of the molecule is CN(Cc1ccoc1)C(=O)C(=O)NCC#N. The molecule has 0 aliphatic heterocycles. The van der Waals surface area contributed by atoms with E-state index in [0.717, 1.165) is 5.56 Å². The van der Waals surface area contributed by atoms with Crippen molar-refractivity contribution in [2.75, 3.05) is 13.6 Å². The number of nitriles is 1. The lowest BCUT2D eigenvalue weighted by Crippen LogP contribution is -2.40. The van der Waals surface area contributed by atoms with E-state index in [-0.39, 0.29) is 13.1 Å². The Morgan fingerprint density at radius 2 is 2.38 bits per heavy atom. The van der Waals surface area contributed by atoms with Crippen molar-refractivity contribution in [3.8, 4) is 6.07 Å². The summed E-state index contributed by atoms with van der Waals surface area (Å²) in [6.07, 6.45) is 2.99. The first-order chi connectivity index (χ1) is 7.65. The molecular formula is C10H11N3O3. The molecule has 0 fully saturated rings. The number of hydrogen-bond donors (Lipinski definition) is 1. The third-order valence-corrected chi connectivity index (χ3v) is 1.87. The summed E-state index contributed by atoms with van der Waals surface area (Å²) in [6.45, 7) is 0.111. The van der Waals surface area contributed by atoms with Crippen LogP contribution in [0.1, 0.15) is 5.56 Å². The molecule has 0 atom stereocenters. The second kappa shape index (κ2) is 5.56. The molecule has 0 unspecified atom stereocenters. The summed E-state index contributed by atoms with van der Waals surface area (Å²) in [5.74, 6) is -1.47. The molecule has 6 nitrogen and oxygen atoms in total. The van der Waals surface area contributed by atoms with Gasteiger partial charge in [-0.05, 0) is 6.07 Å². The van der Waals surface area contributed by atoms with Gasteiger partial charge in [0, 0.05) is 19.2 Å². The average molecular weight is 221 g/mol. The zero-order valence-electron chi connectivity index (χ0n) is 8.77. The van der Waals surface area contributed by atoms with Crippen molar-refractivity contribution in [3.63, 3.8) is 0 Å². The molecule has 0 aliphatic rings. The lowest BCUT2D eigenvalue weighted by molar-refractivity contribution is -0.145. The Labute approximate surface area is 92.4 Å². The van der Waals surface area contributed by atoms with Crippen molar-refractivity contribution in [1.82, 2.24) is 10.2 Å². The normalized spacial score (nSPS) is 9.25. The van der Waals surface area contributed by atoms with Gasteiger partial charge in [0.05, 0.1) is 18.6 Å². The van der Waals surface area contributed by atoms with Gasteiger partial charge < -0.3 is 14.6 Å². The Kier molecular flexibility index (Phi) is 4.09. The molecule has 1 N–H and O–H groups in total. The number of rotatable bonds is 3. The molecule has 0 bridgehead atoms. The van der Waals surface area contributed by atoms with Gasteiger partial charge in [-0.15, -0.1) is 0 Å². The molecular weight excluding hydrogens is 210 g/mol. The molecule has 0 aliphatic carbocycles. The number of hydrogen-bond acceptors (Lipinski definition) is 4. The van der Waals surface area contributed by atoms with E-state index in [4.69, 9.17) is 9.68 Å². The highest BCUT2D eigenvalue weighted by Gasteiger charge is 2.18. The highest BCUT2D eigenvalue weighted by Crippen LogP contribution is 2.03. The molecule has 1 aromatic heterocycles. The van der Waals surface area contributed by atoms with Crippen molar-refractivity contribution < 1.29 is 14.0 Å². The first-order valence-electron chi connectivity index (χ1n) is 4.56. The van der Waals surface area contributed by atoms with E-state index >= 15 is 0 Å². The van der Waals surface area contributed by atoms with Gasteiger partial charge in [0.1, 0.15) is 6.54 Å². The van der Waals surface area contributed by atoms with Crippen LogP contribution in [0.3, 0.4) is 0 Å². The standard InChI is InChI=1S/C10H11N3O3/c1-13(6-8-2-5-16-7-8)10(15)9(14)12-4-3-11/h2,5,7H,4,6H2,1H3,(H,12,14). The molecule has 0 saturated heterocycles. The Bertz CT molecular complexity index is 405. The van der Waals surface area contributed by atoms with Crippen LogP contribution in [-0.4, -0.2) is 30.3 Å². The number of likely N-dealkylation sites (N-methyl/N-ethyl adjacent to an activating group) is 1. The summed E-state index contributed by atoms with van der Waals surface area (Å²) in [6, 6.07) is 3.43. The molecule has 0 aromatic carbocycles. The molecule has 0 spiro atoms. The maximum atomic E-state index is 11.4. The first kappa shape index (κ1) is 11.8. The fourth-order valence-electron chi connectivity index (χ4n) is 1.10. The predicted octanol–water partition coefficient (Wildman–Crippen LogP) is -0.122. The molecule has 2 amide bonds. The summed E-state index contributed by atoms with van der Waals surface area (Å²) >= 11 is 0. The molecule has 1 rings (SSSR count). The van der Waals surface area contributed by atoms with Crippen LogP contribution in [0.15, 0.2) is 23.0 Å². The maximum absolute atomic E-state index is 11.4. The van der Waals surface area contributed by atoms with E-state index in [1.807, 2.05) is 0 Å². The molecule has 16 heavy (non-hydrogen) atoms. The Morgan fingerprint density at radius 1 is 1.62 bits per heavy atom. The second-order valence-electron chi connectivity index (χ2n) is 3.13. The van der Waals surface area contributed by atoms with E-state index in [2.05, 4.69) is 5.32 Å². The lowest BCUT2D eigenvalue weighted by atomic mass is 10.3. The molecule has 6 heteroatoms. The van der Waals surface area contributed by atoms with E-state index in [9.17, 15) is 9.59 Å². The Morgan fingerprint density at radius 3 is 2.94 bits per heavy atom. The van der Waals surface area contributed by atoms with Gasteiger partial charge in [-0.3, -0.25) is 9.59 Å². The largest absolute Gasteiger partial charge is 0.472 e. The average Bonchev–Trinajstić information content (AvgIpc) is 2.77. The summed E-state index contributed by atoms with van der Waals surface area (Å²) in [4.78, 5) is 23.9. The number of amides is 2. The van der Waals surface area contributed by atoms with Gasteiger partial charge in [0.25, 0.3) is 0 Å². The minimum Gasteiger partial charge on any atom is -0.472 e. The van der Waals surface area contributed by atoms with Crippen molar-refractivity contribution >= 4 is 11.8 Å². The molecule has 0 saturated carbocycles. The predicted molar refractivity (Wildman–Crippen MR) is 53.8 cm³/mol. The lowest BCUT2D eigenvalue weighted by Gasteiger charge is -2.14. The third kappa shape index (κ3) is 3.13. The number of nitrogens with one attached hydrogen (secondary N) is 1. The van der Waals surface area contributed by atoms with Gasteiger partial charge in [0.2, 0.25) is 0 Å². The number of carbonyl (C=O) groups excluding carboxylic acids is 2. The van der Waals surface area contributed by atoms with Crippen LogP contribution in [0.2, 0.25) is 0 Å². The fourth-order valence-corrected chi connectivity index (χ4v) is 1.10. The third-order valence-electron chi connectivity index (χ3n) is 1.87. The highest BCUT2D eigenvalue weighted by molar-refractivity contribution is 6.34. The number of nitrogens with zero attached hydrogens (tertiary/aromatic N) is 2. The topological polar surface area (TPSA) is 86.3 Å². The van der Waals surface area contributed by atoms with E-state index in [1.165, 1.54) is 24.5 Å². The summed E-state index contributed by atoms with van der Waals surface area (Å²) < 4.78 is 4.84. The van der Waals surface area contributed by atoms with Gasteiger partial charge in [-0.1, -0.05) is 0 Å². The second-order valence-corrected chi connectivity index (χ2v) is 3.13. The van der Waals surface area contributed by atoms with Crippen LogP contribution in [0.5, 0.6) is 0 Å². The smallest absolute Gasteiger partial charge is 0.311 e. The minimum absolute atomic E-state index is 0.176. The summed E-state index contributed by atoms with van der Waals surface area (Å²) in [5, 5.41) is 10.4. The van der Waals surface area contributed by atoms with Crippen LogP contribution in [0, 0.1) is 11.3 Å². The van der Waals surface area contributed by atoms with Gasteiger partial charge in [0.15, 0.2) is 0 Å². The maximum Gasteiger partial charge on any atom is 0.311 e. The first-order valence-corrected chi connectivity index (χ1v) is 4.56. The Balaban J connectivity index is 2.48. The number of carbonyl (C=O) groups is 2. The van der Waals surface area contributed by atoms with Gasteiger partial charge >= 0.3 is 11.8 Å².